The van der Waals surface area contributed by atoms with E-state index < -0.39 is 0 Å². The number of rotatable bonds is 5. The van der Waals surface area contributed by atoms with Crippen LogP contribution in [0.2, 0.25) is 0 Å². The van der Waals surface area contributed by atoms with E-state index in [1.165, 1.54) is 0 Å². The molecule has 2 aromatic rings. The Hall–Kier alpha value is -2.98. The maximum Gasteiger partial charge on any atom is 0.224 e. The first-order valence-corrected chi connectivity index (χ1v) is 10.8. The first-order valence-electron chi connectivity index (χ1n) is 10.8. The number of carbonyl (C=O) groups is 1. The number of pyridine rings is 2. The molecule has 0 spiro atoms. The highest BCUT2D eigenvalue weighted by Crippen LogP contribution is 2.27. The molecule has 1 atom stereocenters. The minimum atomic E-state index is 0.0504. The standard InChI is InChI=1S/C23H28N6O/c24-14-19-5-2-10-26-22(19)28-12-7-21(8-13-28)29-11-3-6-20(17-29)23(30)27-16-18-4-1-9-25-15-18/h1-2,4-5,9-10,15,20-21H,3,6-8,11-13,16-17H2,(H,27,30)/t20-/m1/s1. The van der Waals surface area contributed by atoms with Gasteiger partial charge >= 0.3 is 0 Å². The molecule has 1 amide bonds. The zero-order chi connectivity index (χ0) is 20.8. The molecule has 1 N–H and O–H groups in total. The van der Waals surface area contributed by atoms with Gasteiger partial charge in [-0.1, -0.05) is 6.07 Å². The lowest BCUT2D eigenvalue weighted by Gasteiger charge is -2.42. The van der Waals surface area contributed by atoms with Crippen LogP contribution in [0.1, 0.15) is 36.8 Å². The summed E-state index contributed by atoms with van der Waals surface area (Å²) in [5, 5.41) is 12.4. The second-order valence-electron chi connectivity index (χ2n) is 8.12. The number of hydrogen-bond donors (Lipinski definition) is 1. The number of nitrogens with zero attached hydrogens (tertiary/aromatic N) is 5. The van der Waals surface area contributed by atoms with Crippen LogP contribution in [0.3, 0.4) is 0 Å². The molecule has 0 bridgehead atoms. The van der Waals surface area contributed by atoms with Gasteiger partial charge in [-0.3, -0.25) is 14.7 Å². The molecule has 0 saturated carbocycles. The predicted octanol–water partition coefficient (Wildman–Crippen LogP) is 2.35. The molecule has 2 aliphatic rings. The Kier molecular flexibility index (Phi) is 6.55. The number of aromatic nitrogens is 2. The number of hydrogen-bond acceptors (Lipinski definition) is 6. The van der Waals surface area contributed by atoms with Crippen molar-refractivity contribution in [1.29, 1.82) is 5.26 Å². The van der Waals surface area contributed by atoms with E-state index in [1.807, 2.05) is 24.3 Å². The lowest BCUT2D eigenvalue weighted by atomic mass is 9.93. The molecule has 0 radical (unpaired) electrons. The molecule has 7 heteroatoms. The average Bonchev–Trinajstić information content (AvgIpc) is 2.83. The highest BCUT2D eigenvalue weighted by atomic mass is 16.1. The maximum atomic E-state index is 12.7. The van der Waals surface area contributed by atoms with E-state index in [9.17, 15) is 10.1 Å². The van der Waals surface area contributed by atoms with Crippen molar-refractivity contribution in [2.45, 2.75) is 38.3 Å². The zero-order valence-corrected chi connectivity index (χ0v) is 17.2. The molecule has 0 aliphatic carbocycles. The van der Waals surface area contributed by atoms with Crippen molar-refractivity contribution in [2.24, 2.45) is 5.92 Å². The number of nitrogens with one attached hydrogen (secondary N) is 1. The third-order valence-corrected chi connectivity index (χ3v) is 6.20. The summed E-state index contributed by atoms with van der Waals surface area (Å²) in [6.07, 6.45) is 9.36. The zero-order valence-electron chi connectivity index (χ0n) is 17.2. The van der Waals surface area contributed by atoms with Crippen LogP contribution in [0.4, 0.5) is 5.82 Å². The Morgan fingerprint density at radius 1 is 1.17 bits per heavy atom. The van der Waals surface area contributed by atoms with Crippen molar-refractivity contribution >= 4 is 11.7 Å². The summed E-state index contributed by atoms with van der Waals surface area (Å²) in [7, 11) is 0. The number of nitriles is 1. The molecular weight excluding hydrogens is 376 g/mol. The summed E-state index contributed by atoms with van der Waals surface area (Å²) in [6.45, 7) is 4.21. The van der Waals surface area contributed by atoms with Gasteiger partial charge in [0.2, 0.25) is 5.91 Å². The van der Waals surface area contributed by atoms with Crippen molar-refractivity contribution in [3.05, 3.63) is 54.0 Å². The van der Waals surface area contributed by atoms with Gasteiger partial charge < -0.3 is 10.2 Å². The number of anilines is 1. The molecule has 156 valence electrons. The molecule has 4 rings (SSSR count). The first-order chi connectivity index (χ1) is 14.7. The molecular formula is C23H28N6O. The summed E-state index contributed by atoms with van der Waals surface area (Å²) in [5.41, 5.74) is 1.66. The van der Waals surface area contributed by atoms with E-state index in [0.717, 1.165) is 63.2 Å². The van der Waals surface area contributed by atoms with Gasteiger partial charge in [0.1, 0.15) is 11.9 Å². The van der Waals surface area contributed by atoms with Crippen molar-refractivity contribution in [2.75, 3.05) is 31.1 Å². The van der Waals surface area contributed by atoms with Crippen LogP contribution in [-0.2, 0) is 11.3 Å². The average molecular weight is 405 g/mol. The lowest BCUT2D eigenvalue weighted by Crippen LogP contribution is -2.51. The summed E-state index contributed by atoms with van der Waals surface area (Å²) in [6, 6.07) is 10.2. The Balaban J connectivity index is 1.29. The molecule has 2 aromatic heterocycles. The van der Waals surface area contributed by atoms with Gasteiger partial charge in [0.25, 0.3) is 0 Å². The molecule has 4 heterocycles. The van der Waals surface area contributed by atoms with Gasteiger partial charge in [0.15, 0.2) is 0 Å². The van der Waals surface area contributed by atoms with Crippen LogP contribution in [0.25, 0.3) is 0 Å². The maximum absolute atomic E-state index is 12.7. The largest absolute Gasteiger partial charge is 0.355 e. The summed E-state index contributed by atoms with van der Waals surface area (Å²) >= 11 is 0. The Morgan fingerprint density at radius 3 is 2.77 bits per heavy atom. The Labute approximate surface area is 177 Å². The van der Waals surface area contributed by atoms with Crippen LogP contribution >= 0.6 is 0 Å². The third-order valence-electron chi connectivity index (χ3n) is 6.20. The van der Waals surface area contributed by atoms with Crippen LogP contribution in [0.5, 0.6) is 0 Å². The molecule has 0 unspecified atom stereocenters. The van der Waals surface area contributed by atoms with Gasteiger partial charge in [-0.25, -0.2) is 4.98 Å². The van der Waals surface area contributed by atoms with E-state index in [2.05, 4.69) is 31.2 Å². The van der Waals surface area contributed by atoms with E-state index in [0.29, 0.717) is 18.2 Å². The lowest BCUT2D eigenvalue weighted by molar-refractivity contribution is -0.127. The molecule has 0 aromatic carbocycles. The fourth-order valence-electron chi connectivity index (χ4n) is 4.57. The van der Waals surface area contributed by atoms with Gasteiger partial charge in [-0.2, -0.15) is 5.26 Å². The number of amides is 1. The van der Waals surface area contributed by atoms with Gasteiger partial charge in [0, 0.05) is 50.8 Å². The second-order valence-corrected chi connectivity index (χ2v) is 8.12. The van der Waals surface area contributed by atoms with Gasteiger partial charge in [0.05, 0.1) is 11.5 Å². The molecule has 2 fully saturated rings. The molecule has 2 saturated heterocycles. The molecule has 7 nitrogen and oxygen atoms in total. The SMILES string of the molecule is N#Cc1cccnc1N1CCC(N2CCC[C@@H](C(=O)NCc3cccnc3)C2)CC1. The van der Waals surface area contributed by atoms with E-state index in [-0.39, 0.29) is 11.8 Å². The predicted molar refractivity (Wildman–Crippen MR) is 115 cm³/mol. The number of piperidine rings is 2. The van der Waals surface area contributed by atoms with Gasteiger partial charge in [-0.15, -0.1) is 0 Å². The van der Waals surface area contributed by atoms with Crippen LogP contribution < -0.4 is 10.2 Å². The Morgan fingerprint density at radius 2 is 2.00 bits per heavy atom. The van der Waals surface area contributed by atoms with Crippen molar-refractivity contribution in [1.82, 2.24) is 20.2 Å². The Bertz CT molecular complexity index is 888. The van der Waals surface area contributed by atoms with Crippen molar-refractivity contribution < 1.29 is 4.79 Å². The van der Waals surface area contributed by atoms with Crippen LogP contribution in [0.15, 0.2) is 42.9 Å². The minimum absolute atomic E-state index is 0.0504. The smallest absolute Gasteiger partial charge is 0.224 e. The van der Waals surface area contributed by atoms with Crippen LogP contribution in [0, 0.1) is 17.2 Å². The van der Waals surface area contributed by atoms with Crippen molar-refractivity contribution in [3.63, 3.8) is 0 Å². The highest BCUT2D eigenvalue weighted by Gasteiger charge is 2.32. The third kappa shape index (κ3) is 4.77. The molecule has 30 heavy (non-hydrogen) atoms. The van der Waals surface area contributed by atoms with E-state index in [4.69, 9.17) is 0 Å². The number of carbonyl (C=O) groups excluding carboxylic acids is 1. The second kappa shape index (κ2) is 9.68. The van der Waals surface area contributed by atoms with E-state index >= 15 is 0 Å². The van der Waals surface area contributed by atoms with Crippen LogP contribution in [-0.4, -0.2) is 53.0 Å². The quantitative estimate of drug-likeness (QED) is 0.823. The topological polar surface area (TPSA) is 85.2 Å². The first kappa shape index (κ1) is 20.3. The van der Waals surface area contributed by atoms with Crippen molar-refractivity contribution in [3.8, 4) is 6.07 Å². The highest BCUT2D eigenvalue weighted by molar-refractivity contribution is 5.79. The summed E-state index contributed by atoms with van der Waals surface area (Å²) in [5.74, 6) is 0.993. The van der Waals surface area contributed by atoms with E-state index in [1.54, 1.807) is 18.6 Å². The normalized spacial score (nSPS) is 20.5. The molecule has 2 aliphatic heterocycles. The summed E-state index contributed by atoms with van der Waals surface area (Å²) < 4.78 is 0. The van der Waals surface area contributed by atoms with Gasteiger partial charge in [-0.05, 0) is 56.0 Å². The minimum Gasteiger partial charge on any atom is -0.355 e. The summed E-state index contributed by atoms with van der Waals surface area (Å²) in [4.78, 5) is 25.9. The fraction of sp³-hybridized carbons (Fsp3) is 0.478. The fourth-order valence-corrected chi connectivity index (χ4v) is 4.57. The number of likely N-dealkylation sites (tertiary alicyclic amines) is 1. The monoisotopic (exact) mass is 404 g/mol.